The molecule has 9 heteroatoms. The van der Waals surface area contributed by atoms with E-state index in [4.69, 9.17) is 5.73 Å². The van der Waals surface area contributed by atoms with Crippen molar-refractivity contribution in [3.8, 4) is 0 Å². The summed E-state index contributed by atoms with van der Waals surface area (Å²) in [7, 11) is -3.71. The molecule has 1 aromatic carbocycles. The van der Waals surface area contributed by atoms with Gasteiger partial charge in [0.25, 0.3) is 0 Å². The van der Waals surface area contributed by atoms with Crippen molar-refractivity contribution in [2.24, 2.45) is 11.1 Å². The Balaban J connectivity index is 1.70. The highest BCUT2D eigenvalue weighted by Crippen LogP contribution is 2.46. The van der Waals surface area contributed by atoms with Crippen molar-refractivity contribution in [3.05, 3.63) is 29.8 Å². The number of carbonyl (C=O) groups excluding carboxylic acids is 1. The molecular formula is C19H28FN3O4S. The molecule has 1 heterocycles. The van der Waals surface area contributed by atoms with E-state index in [1.165, 1.54) is 35.5 Å². The number of nitrogens with zero attached hydrogens (tertiary/aromatic N) is 2. The molecule has 1 aliphatic heterocycles. The number of nitrogens with two attached hydrogens (primary N) is 1. The van der Waals surface area contributed by atoms with Gasteiger partial charge in [0.1, 0.15) is 12.3 Å². The molecule has 1 amide bonds. The molecule has 3 rings (SSSR count). The van der Waals surface area contributed by atoms with Gasteiger partial charge in [-0.2, -0.15) is 4.31 Å². The molecule has 0 aromatic heterocycles. The number of alkyl halides is 1. The number of carbonyl (C=O) groups is 1. The van der Waals surface area contributed by atoms with Crippen molar-refractivity contribution < 1.29 is 22.7 Å². The van der Waals surface area contributed by atoms with Gasteiger partial charge in [-0.05, 0) is 44.4 Å². The van der Waals surface area contributed by atoms with E-state index >= 15 is 0 Å². The van der Waals surface area contributed by atoms with Crippen LogP contribution in [-0.2, 0) is 20.4 Å². The molecule has 1 saturated heterocycles. The second kappa shape index (κ2) is 7.37. The summed E-state index contributed by atoms with van der Waals surface area (Å²) in [5.74, 6) is -0.278. The molecule has 28 heavy (non-hydrogen) atoms. The number of rotatable bonds is 7. The highest BCUT2D eigenvalue weighted by atomic mass is 32.2. The first kappa shape index (κ1) is 21.2. The highest BCUT2D eigenvalue weighted by Gasteiger charge is 2.50. The van der Waals surface area contributed by atoms with E-state index in [2.05, 4.69) is 4.90 Å². The molecule has 2 fully saturated rings. The quantitative estimate of drug-likeness (QED) is 0.689. The molecule has 0 bridgehead atoms. The van der Waals surface area contributed by atoms with Crippen molar-refractivity contribution in [1.82, 2.24) is 9.21 Å². The molecule has 1 aliphatic carbocycles. The Labute approximate surface area is 165 Å². The lowest BCUT2D eigenvalue weighted by atomic mass is 9.98. The molecular weight excluding hydrogens is 385 g/mol. The SMILES string of the molecule is C[C@@H]1CN(CC2(C(N)=O)CC2)CCN1S(=O)(=O)c1ccc(C(C)(O)CF)cc1. The first-order valence-electron chi connectivity index (χ1n) is 9.45. The predicted molar refractivity (Wildman–Crippen MR) is 103 cm³/mol. The fraction of sp³-hybridized carbons (Fsp3) is 0.632. The maximum atomic E-state index is 13.0. The molecule has 2 atom stereocenters. The average molecular weight is 414 g/mol. The van der Waals surface area contributed by atoms with E-state index in [1.807, 2.05) is 6.92 Å². The van der Waals surface area contributed by atoms with E-state index in [1.54, 1.807) is 0 Å². The molecule has 3 N–H and O–H groups in total. The number of halogens is 1. The summed E-state index contributed by atoms with van der Waals surface area (Å²) in [6, 6.07) is 5.44. The third-order valence-corrected chi connectivity index (χ3v) is 7.92. The Kier molecular flexibility index (Phi) is 5.57. The van der Waals surface area contributed by atoms with E-state index < -0.39 is 27.7 Å². The third-order valence-electron chi connectivity index (χ3n) is 5.90. The minimum Gasteiger partial charge on any atom is -0.383 e. The Bertz CT molecular complexity index is 837. The second-order valence-electron chi connectivity index (χ2n) is 8.28. The topological polar surface area (TPSA) is 104 Å². The van der Waals surface area contributed by atoms with E-state index in [0.717, 1.165) is 12.8 Å². The second-order valence-corrected chi connectivity index (χ2v) is 10.2. The number of benzene rings is 1. The van der Waals surface area contributed by atoms with Crippen LogP contribution in [0, 0.1) is 5.41 Å². The Hall–Kier alpha value is -1.55. The molecule has 1 aromatic rings. The van der Waals surface area contributed by atoms with Crippen LogP contribution < -0.4 is 5.73 Å². The molecule has 2 aliphatic rings. The zero-order chi connectivity index (χ0) is 20.7. The van der Waals surface area contributed by atoms with Crippen LogP contribution in [0.1, 0.15) is 32.3 Å². The number of piperazine rings is 1. The smallest absolute Gasteiger partial charge is 0.243 e. The lowest BCUT2D eigenvalue weighted by Crippen LogP contribution is -2.55. The lowest BCUT2D eigenvalue weighted by molar-refractivity contribution is -0.124. The zero-order valence-electron chi connectivity index (χ0n) is 16.3. The number of sulfonamides is 1. The van der Waals surface area contributed by atoms with E-state index in [9.17, 15) is 22.7 Å². The van der Waals surface area contributed by atoms with Crippen LogP contribution in [-0.4, -0.2) is 67.5 Å². The van der Waals surface area contributed by atoms with Gasteiger partial charge >= 0.3 is 0 Å². The van der Waals surface area contributed by atoms with Crippen molar-refractivity contribution in [2.45, 2.75) is 43.2 Å². The summed E-state index contributed by atoms with van der Waals surface area (Å²) >= 11 is 0. The van der Waals surface area contributed by atoms with Gasteiger partial charge < -0.3 is 10.8 Å². The Morgan fingerprint density at radius 3 is 2.39 bits per heavy atom. The van der Waals surface area contributed by atoms with Crippen molar-refractivity contribution in [3.63, 3.8) is 0 Å². The number of primary amides is 1. The maximum Gasteiger partial charge on any atom is 0.243 e. The normalized spacial score (nSPS) is 25.2. The summed E-state index contributed by atoms with van der Waals surface area (Å²) in [5, 5.41) is 9.97. The van der Waals surface area contributed by atoms with Gasteiger partial charge in [-0.15, -0.1) is 0 Å². The molecule has 7 nitrogen and oxygen atoms in total. The van der Waals surface area contributed by atoms with Gasteiger partial charge in [0.05, 0.1) is 10.3 Å². The lowest BCUT2D eigenvalue weighted by Gasteiger charge is -2.40. The van der Waals surface area contributed by atoms with Gasteiger partial charge in [-0.1, -0.05) is 12.1 Å². The molecule has 0 spiro atoms. The number of hydrogen-bond acceptors (Lipinski definition) is 5. The Morgan fingerprint density at radius 1 is 1.32 bits per heavy atom. The largest absolute Gasteiger partial charge is 0.383 e. The summed E-state index contributed by atoms with van der Waals surface area (Å²) in [6.07, 6.45) is 1.59. The van der Waals surface area contributed by atoms with E-state index in [0.29, 0.717) is 31.7 Å². The fourth-order valence-electron chi connectivity index (χ4n) is 3.78. The summed E-state index contributed by atoms with van der Waals surface area (Å²) in [6.45, 7) is 4.20. The fourth-order valence-corrected chi connectivity index (χ4v) is 5.39. The first-order chi connectivity index (χ1) is 13.0. The van der Waals surface area contributed by atoms with Crippen molar-refractivity contribution in [2.75, 3.05) is 32.9 Å². The molecule has 156 valence electrons. The van der Waals surface area contributed by atoms with Crippen LogP contribution in [0.4, 0.5) is 4.39 Å². The van der Waals surface area contributed by atoms with E-state index in [-0.39, 0.29) is 16.8 Å². The molecule has 1 saturated carbocycles. The third kappa shape index (κ3) is 3.94. The van der Waals surface area contributed by atoms with Crippen LogP contribution in [0.5, 0.6) is 0 Å². The van der Waals surface area contributed by atoms with Gasteiger partial charge in [0, 0.05) is 32.2 Å². The monoisotopic (exact) mass is 413 g/mol. The number of aliphatic hydroxyl groups is 1. The summed E-state index contributed by atoms with van der Waals surface area (Å²) < 4.78 is 40.5. The van der Waals surface area contributed by atoms with Crippen LogP contribution in [0.25, 0.3) is 0 Å². The molecule has 1 unspecified atom stereocenters. The van der Waals surface area contributed by atoms with Crippen molar-refractivity contribution in [1.29, 1.82) is 0 Å². The minimum atomic E-state index is -3.71. The minimum absolute atomic E-state index is 0.113. The molecule has 0 radical (unpaired) electrons. The van der Waals surface area contributed by atoms with Gasteiger partial charge in [0.2, 0.25) is 15.9 Å². The number of hydrogen-bond donors (Lipinski definition) is 2. The van der Waals surface area contributed by atoms with Crippen molar-refractivity contribution >= 4 is 15.9 Å². The van der Waals surface area contributed by atoms with Gasteiger partial charge in [-0.25, -0.2) is 12.8 Å². The number of amides is 1. The van der Waals surface area contributed by atoms with Gasteiger partial charge in [-0.3, -0.25) is 9.69 Å². The summed E-state index contributed by atoms with van der Waals surface area (Å²) in [4.78, 5) is 13.8. The average Bonchev–Trinajstić information content (AvgIpc) is 3.42. The van der Waals surface area contributed by atoms with Crippen LogP contribution in [0.15, 0.2) is 29.2 Å². The van der Waals surface area contributed by atoms with Crippen LogP contribution in [0.3, 0.4) is 0 Å². The van der Waals surface area contributed by atoms with Crippen LogP contribution >= 0.6 is 0 Å². The summed E-state index contributed by atoms with van der Waals surface area (Å²) in [5.41, 5.74) is 3.74. The maximum absolute atomic E-state index is 13.0. The predicted octanol–water partition coefficient (Wildman–Crippen LogP) is 0.824. The highest BCUT2D eigenvalue weighted by molar-refractivity contribution is 7.89. The Morgan fingerprint density at radius 2 is 1.93 bits per heavy atom. The zero-order valence-corrected chi connectivity index (χ0v) is 17.1. The van der Waals surface area contributed by atoms with Gasteiger partial charge in [0.15, 0.2) is 0 Å². The first-order valence-corrected chi connectivity index (χ1v) is 10.9. The van der Waals surface area contributed by atoms with Crippen LogP contribution in [0.2, 0.25) is 0 Å². The standard InChI is InChI=1S/C19H28FN3O4S/c1-14-11-22(13-19(7-8-19)17(21)24)9-10-23(14)28(26,27)16-5-3-15(4-6-16)18(2,25)12-20/h3-6,14,25H,7-13H2,1-2H3,(H2,21,24)/t14-,18?/m1/s1.